The summed E-state index contributed by atoms with van der Waals surface area (Å²) in [4.78, 5) is 20.9. The van der Waals surface area contributed by atoms with Crippen LogP contribution in [-0.4, -0.2) is 25.5 Å². The van der Waals surface area contributed by atoms with Crippen LogP contribution >= 0.6 is 0 Å². The maximum absolute atomic E-state index is 11.6. The number of carbonyl (C=O) groups is 1. The average Bonchev–Trinajstić information content (AvgIpc) is 3.28. The molecule has 0 saturated carbocycles. The fraction of sp³-hybridized carbons (Fsp3) is 0.0400. The Morgan fingerprint density at radius 1 is 0.938 bits per heavy atom. The first-order chi connectivity index (χ1) is 15.7. The second-order valence-corrected chi connectivity index (χ2v) is 7.29. The zero-order chi connectivity index (χ0) is 21.9. The molecule has 0 saturated heterocycles. The maximum Gasteiger partial charge on any atom is 0.248 e. The Hall–Kier alpha value is -4.52. The van der Waals surface area contributed by atoms with Gasteiger partial charge in [0.25, 0.3) is 0 Å². The summed E-state index contributed by atoms with van der Waals surface area (Å²) < 4.78 is 1.81. The third-order valence-electron chi connectivity index (χ3n) is 5.16. The fourth-order valence-electron chi connectivity index (χ4n) is 3.61. The molecule has 0 bridgehead atoms. The van der Waals surface area contributed by atoms with Gasteiger partial charge < -0.3 is 11.1 Å². The summed E-state index contributed by atoms with van der Waals surface area (Å²) in [6.45, 7) is 0.508. The minimum Gasteiger partial charge on any atom is -0.366 e. The van der Waals surface area contributed by atoms with Gasteiger partial charge in [-0.05, 0) is 35.9 Å². The number of fused-ring (bicyclic) bond motifs is 1. The van der Waals surface area contributed by atoms with Crippen molar-refractivity contribution in [3.05, 3.63) is 103 Å². The molecule has 32 heavy (non-hydrogen) atoms. The van der Waals surface area contributed by atoms with E-state index in [4.69, 9.17) is 15.8 Å². The van der Waals surface area contributed by atoms with Crippen LogP contribution in [0.2, 0.25) is 0 Å². The van der Waals surface area contributed by atoms with Gasteiger partial charge in [-0.3, -0.25) is 9.78 Å². The first-order valence-corrected chi connectivity index (χ1v) is 10.2. The second-order valence-electron chi connectivity index (χ2n) is 7.29. The highest BCUT2D eigenvalue weighted by Crippen LogP contribution is 2.31. The van der Waals surface area contributed by atoms with Gasteiger partial charge in [0.05, 0.1) is 12.2 Å². The molecule has 7 heteroatoms. The number of rotatable bonds is 6. The number of carbonyl (C=O) groups excluding carboxylic acids is 1. The largest absolute Gasteiger partial charge is 0.366 e. The van der Waals surface area contributed by atoms with Crippen LogP contribution in [0.3, 0.4) is 0 Å². The lowest BCUT2D eigenvalue weighted by Crippen LogP contribution is -2.11. The number of pyridine rings is 1. The van der Waals surface area contributed by atoms with Crippen LogP contribution in [0.5, 0.6) is 0 Å². The van der Waals surface area contributed by atoms with Gasteiger partial charge in [0.1, 0.15) is 5.52 Å². The average molecular weight is 420 g/mol. The molecule has 3 N–H and O–H groups in total. The van der Waals surface area contributed by atoms with Crippen molar-refractivity contribution in [2.45, 2.75) is 6.54 Å². The zero-order valence-corrected chi connectivity index (χ0v) is 17.1. The number of nitrogens with two attached hydrogens (primary N) is 1. The highest BCUT2D eigenvalue weighted by Gasteiger charge is 2.16. The molecule has 0 fully saturated rings. The van der Waals surface area contributed by atoms with E-state index in [1.807, 2.05) is 59.2 Å². The third kappa shape index (κ3) is 3.79. The molecule has 0 spiro atoms. The van der Waals surface area contributed by atoms with Crippen molar-refractivity contribution in [2.75, 3.05) is 5.32 Å². The number of benzene rings is 2. The molecule has 3 aromatic heterocycles. The molecular weight excluding hydrogens is 400 g/mol. The summed E-state index contributed by atoms with van der Waals surface area (Å²) in [5, 5.41) is 8.13. The van der Waals surface area contributed by atoms with E-state index < -0.39 is 5.91 Å². The first kappa shape index (κ1) is 19.4. The van der Waals surface area contributed by atoms with Crippen LogP contribution in [0.4, 0.5) is 5.82 Å². The number of nitrogens with zero attached hydrogens (tertiary/aromatic N) is 4. The van der Waals surface area contributed by atoms with Gasteiger partial charge in [0, 0.05) is 29.1 Å². The molecule has 5 rings (SSSR count). The predicted octanol–water partition coefficient (Wildman–Crippen LogP) is 4.17. The molecule has 0 unspecified atom stereocenters. The highest BCUT2D eigenvalue weighted by molar-refractivity contribution is 5.94. The lowest BCUT2D eigenvalue weighted by Gasteiger charge is -2.12. The number of hydrogen-bond acceptors (Lipinski definition) is 5. The van der Waals surface area contributed by atoms with Crippen LogP contribution in [0.25, 0.3) is 28.0 Å². The van der Waals surface area contributed by atoms with Crippen molar-refractivity contribution >= 4 is 17.2 Å². The Morgan fingerprint density at radius 3 is 2.53 bits per heavy atom. The number of hydrogen-bond donors (Lipinski definition) is 2. The molecule has 156 valence electrons. The monoisotopic (exact) mass is 420 g/mol. The van der Waals surface area contributed by atoms with E-state index in [0.29, 0.717) is 29.3 Å². The molecule has 2 aromatic carbocycles. The van der Waals surface area contributed by atoms with Gasteiger partial charge in [-0.2, -0.15) is 0 Å². The SMILES string of the molecule is NC(=O)c1cccc(-c2nc(NCc3ccccn3)c3c(-c4ccccc4)ccn3n2)c1. The molecule has 0 radical (unpaired) electrons. The van der Waals surface area contributed by atoms with E-state index in [1.165, 1.54) is 0 Å². The molecule has 0 aliphatic heterocycles. The highest BCUT2D eigenvalue weighted by atomic mass is 16.1. The normalized spacial score (nSPS) is 10.9. The van der Waals surface area contributed by atoms with Crippen LogP contribution in [0.15, 0.2) is 91.3 Å². The van der Waals surface area contributed by atoms with Crippen molar-refractivity contribution in [2.24, 2.45) is 5.73 Å². The fourth-order valence-corrected chi connectivity index (χ4v) is 3.61. The molecular formula is C25H20N6O. The summed E-state index contributed by atoms with van der Waals surface area (Å²) in [5.74, 6) is 0.669. The van der Waals surface area contributed by atoms with E-state index in [-0.39, 0.29) is 0 Å². The lowest BCUT2D eigenvalue weighted by atomic mass is 10.1. The lowest BCUT2D eigenvalue weighted by molar-refractivity contribution is 0.100. The number of primary amides is 1. The van der Waals surface area contributed by atoms with Crippen molar-refractivity contribution in [1.29, 1.82) is 0 Å². The van der Waals surface area contributed by atoms with E-state index in [9.17, 15) is 4.79 Å². The van der Waals surface area contributed by atoms with E-state index in [1.54, 1.807) is 24.4 Å². The van der Waals surface area contributed by atoms with Crippen molar-refractivity contribution < 1.29 is 4.79 Å². The van der Waals surface area contributed by atoms with Gasteiger partial charge in [-0.15, -0.1) is 5.10 Å². The summed E-state index contributed by atoms with van der Waals surface area (Å²) in [7, 11) is 0. The van der Waals surface area contributed by atoms with Gasteiger partial charge in [-0.25, -0.2) is 9.50 Å². The third-order valence-corrected chi connectivity index (χ3v) is 5.16. The second kappa shape index (κ2) is 8.31. The van der Waals surface area contributed by atoms with Crippen molar-refractivity contribution in [3.8, 4) is 22.5 Å². The minimum atomic E-state index is -0.492. The van der Waals surface area contributed by atoms with Gasteiger partial charge in [0.15, 0.2) is 11.6 Å². The minimum absolute atomic E-state index is 0.409. The van der Waals surface area contributed by atoms with Crippen LogP contribution in [0.1, 0.15) is 16.1 Å². The van der Waals surface area contributed by atoms with Crippen LogP contribution in [0, 0.1) is 0 Å². The van der Waals surface area contributed by atoms with E-state index in [2.05, 4.69) is 22.4 Å². The summed E-state index contributed by atoms with van der Waals surface area (Å²) in [6, 6.07) is 24.9. The Morgan fingerprint density at radius 2 is 1.75 bits per heavy atom. The molecule has 0 atom stereocenters. The van der Waals surface area contributed by atoms with Crippen molar-refractivity contribution in [1.82, 2.24) is 19.6 Å². The predicted molar refractivity (Wildman–Crippen MR) is 124 cm³/mol. The molecule has 3 heterocycles. The molecule has 1 amide bonds. The smallest absolute Gasteiger partial charge is 0.248 e. The Kier molecular flexibility index (Phi) is 5.05. The van der Waals surface area contributed by atoms with Crippen molar-refractivity contribution in [3.63, 3.8) is 0 Å². The first-order valence-electron chi connectivity index (χ1n) is 10.2. The number of aromatic nitrogens is 4. The van der Waals surface area contributed by atoms with E-state index in [0.717, 1.165) is 22.3 Å². The standard InChI is InChI=1S/C25H20N6O/c26-23(32)18-9-6-10-19(15-18)24-29-25(28-16-20-11-4-5-13-27-20)22-21(12-14-31(22)30-24)17-7-2-1-3-8-17/h1-15H,16H2,(H2,26,32)(H,28,29,30). The number of amides is 1. The summed E-state index contributed by atoms with van der Waals surface area (Å²) >= 11 is 0. The Bertz CT molecular complexity index is 1400. The summed E-state index contributed by atoms with van der Waals surface area (Å²) in [6.07, 6.45) is 3.67. The van der Waals surface area contributed by atoms with Crippen LogP contribution in [-0.2, 0) is 6.54 Å². The Labute approximate surface area is 184 Å². The topological polar surface area (TPSA) is 98.2 Å². The maximum atomic E-state index is 11.6. The van der Waals surface area contributed by atoms with Gasteiger partial charge in [-0.1, -0.05) is 48.5 Å². The molecule has 0 aliphatic rings. The summed E-state index contributed by atoms with van der Waals surface area (Å²) in [5.41, 5.74) is 10.4. The number of anilines is 1. The zero-order valence-electron chi connectivity index (χ0n) is 17.1. The molecule has 0 aliphatic carbocycles. The molecule has 5 aromatic rings. The van der Waals surface area contributed by atoms with E-state index >= 15 is 0 Å². The number of nitrogens with one attached hydrogen (secondary N) is 1. The van der Waals surface area contributed by atoms with Crippen LogP contribution < -0.4 is 11.1 Å². The molecule has 7 nitrogen and oxygen atoms in total. The Balaban J connectivity index is 1.64. The quantitative estimate of drug-likeness (QED) is 0.430. The van der Waals surface area contributed by atoms with Gasteiger partial charge in [0.2, 0.25) is 5.91 Å². The van der Waals surface area contributed by atoms with Gasteiger partial charge >= 0.3 is 0 Å².